The van der Waals surface area contributed by atoms with Gasteiger partial charge in [0.1, 0.15) is 5.60 Å². The van der Waals surface area contributed by atoms with Gasteiger partial charge in [0, 0.05) is 13.2 Å². The van der Waals surface area contributed by atoms with Gasteiger partial charge in [-0.05, 0) is 31.0 Å². The van der Waals surface area contributed by atoms with Gasteiger partial charge in [-0.2, -0.15) is 0 Å². The molecule has 0 bridgehead atoms. The van der Waals surface area contributed by atoms with Crippen molar-refractivity contribution in [2.75, 3.05) is 38.7 Å². The molecule has 1 aromatic rings. The second-order valence-electron chi connectivity index (χ2n) is 6.46. The first kappa shape index (κ1) is 18.6. The number of sulfone groups is 1. The fraction of sp³-hybridized carbons (Fsp3) is 0.588. The Balaban J connectivity index is 1.86. The van der Waals surface area contributed by atoms with Gasteiger partial charge in [-0.25, -0.2) is 8.42 Å². The lowest BCUT2D eigenvalue weighted by Crippen LogP contribution is -2.57. The van der Waals surface area contributed by atoms with Crippen molar-refractivity contribution in [2.45, 2.75) is 30.3 Å². The Kier molecular flexibility index (Phi) is 5.39. The van der Waals surface area contributed by atoms with E-state index in [4.69, 9.17) is 21.1 Å². The van der Waals surface area contributed by atoms with Crippen molar-refractivity contribution in [1.29, 1.82) is 0 Å². The van der Waals surface area contributed by atoms with Crippen molar-refractivity contribution < 1.29 is 22.7 Å². The molecule has 1 aromatic carbocycles. The molecule has 0 aromatic heterocycles. The standard InChI is InChI=1S/C17H22ClNO5S/c1-2-25(21,22)13-4-5-15(18)14(10-13)16(20)19-7-9-24-17(11-19)6-3-8-23-12-17/h4-5,10H,2-3,6-9,11-12H2,1H3. The van der Waals surface area contributed by atoms with Gasteiger partial charge in [-0.15, -0.1) is 0 Å². The fourth-order valence-corrected chi connectivity index (χ4v) is 4.39. The summed E-state index contributed by atoms with van der Waals surface area (Å²) >= 11 is 6.18. The maximum absolute atomic E-state index is 13.0. The molecule has 138 valence electrons. The maximum Gasteiger partial charge on any atom is 0.255 e. The number of benzene rings is 1. The Morgan fingerprint density at radius 3 is 2.84 bits per heavy atom. The molecule has 1 amide bonds. The summed E-state index contributed by atoms with van der Waals surface area (Å²) in [5.74, 6) is -0.299. The first-order valence-electron chi connectivity index (χ1n) is 8.40. The maximum atomic E-state index is 13.0. The molecule has 1 spiro atoms. The Morgan fingerprint density at radius 1 is 1.36 bits per heavy atom. The smallest absolute Gasteiger partial charge is 0.255 e. The van der Waals surface area contributed by atoms with Gasteiger partial charge in [0.25, 0.3) is 5.91 Å². The van der Waals surface area contributed by atoms with Crippen LogP contribution in [-0.2, 0) is 19.3 Å². The topological polar surface area (TPSA) is 72.9 Å². The fourth-order valence-electron chi connectivity index (χ4n) is 3.28. The minimum Gasteiger partial charge on any atom is -0.378 e. The van der Waals surface area contributed by atoms with Crippen LogP contribution in [0.4, 0.5) is 0 Å². The van der Waals surface area contributed by atoms with Crippen LogP contribution in [-0.4, -0.2) is 63.5 Å². The lowest BCUT2D eigenvalue weighted by molar-refractivity contribution is -0.160. The summed E-state index contributed by atoms with van der Waals surface area (Å²) in [7, 11) is -3.40. The molecule has 2 saturated heterocycles. The van der Waals surface area contributed by atoms with Crippen molar-refractivity contribution in [1.82, 2.24) is 4.90 Å². The van der Waals surface area contributed by atoms with E-state index in [-0.39, 0.29) is 27.1 Å². The van der Waals surface area contributed by atoms with Crippen molar-refractivity contribution in [3.63, 3.8) is 0 Å². The van der Waals surface area contributed by atoms with Crippen LogP contribution >= 0.6 is 11.6 Å². The van der Waals surface area contributed by atoms with Crippen LogP contribution in [0.15, 0.2) is 23.1 Å². The third-order valence-electron chi connectivity index (χ3n) is 4.73. The van der Waals surface area contributed by atoms with Crippen LogP contribution in [0.3, 0.4) is 0 Å². The molecule has 0 aliphatic carbocycles. The van der Waals surface area contributed by atoms with Gasteiger partial charge in [-0.3, -0.25) is 4.79 Å². The van der Waals surface area contributed by atoms with E-state index < -0.39 is 15.4 Å². The Bertz CT molecular complexity index is 753. The number of rotatable bonds is 3. The number of hydrogen-bond acceptors (Lipinski definition) is 5. The van der Waals surface area contributed by atoms with Crippen LogP contribution < -0.4 is 0 Å². The monoisotopic (exact) mass is 387 g/mol. The van der Waals surface area contributed by atoms with Crippen LogP contribution in [0.2, 0.25) is 5.02 Å². The van der Waals surface area contributed by atoms with Gasteiger partial charge in [0.2, 0.25) is 0 Å². The van der Waals surface area contributed by atoms with Crippen molar-refractivity contribution in [3.05, 3.63) is 28.8 Å². The summed E-state index contributed by atoms with van der Waals surface area (Å²) in [5, 5.41) is 0.250. The lowest BCUT2D eigenvalue weighted by Gasteiger charge is -2.44. The highest BCUT2D eigenvalue weighted by Crippen LogP contribution is 2.30. The number of nitrogens with zero attached hydrogens (tertiary/aromatic N) is 1. The zero-order valence-corrected chi connectivity index (χ0v) is 15.7. The number of carbonyl (C=O) groups is 1. The molecule has 6 nitrogen and oxygen atoms in total. The summed E-state index contributed by atoms with van der Waals surface area (Å²) in [6.07, 6.45) is 1.74. The summed E-state index contributed by atoms with van der Waals surface area (Å²) in [4.78, 5) is 14.8. The molecular weight excluding hydrogens is 366 g/mol. The predicted octanol–water partition coefficient (Wildman–Crippen LogP) is 2.16. The average Bonchev–Trinajstić information content (AvgIpc) is 2.62. The molecule has 8 heteroatoms. The van der Waals surface area contributed by atoms with Crippen LogP contribution in [0, 0.1) is 0 Å². The summed E-state index contributed by atoms with van der Waals surface area (Å²) < 4.78 is 35.6. The van der Waals surface area contributed by atoms with Crippen molar-refractivity contribution in [2.24, 2.45) is 0 Å². The van der Waals surface area contributed by atoms with E-state index >= 15 is 0 Å². The van der Waals surface area contributed by atoms with E-state index in [1.54, 1.807) is 11.8 Å². The number of halogens is 1. The minimum atomic E-state index is -3.40. The van der Waals surface area contributed by atoms with Gasteiger partial charge in [0.15, 0.2) is 9.84 Å². The molecule has 0 saturated carbocycles. The highest BCUT2D eigenvalue weighted by molar-refractivity contribution is 7.91. The number of hydrogen-bond donors (Lipinski definition) is 0. The Morgan fingerprint density at radius 2 is 2.16 bits per heavy atom. The van der Waals surface area contributed by atoms with E-state index in [1.807, 2.05) is 0 Å². The van der Waals surface area contributed by atoms with Gasteiger partial charge in [0.05, 0.1) is 41.0 Å². The van der Waals surface area contributed by atoms with Crippen molar-refractivity contribution in [3.8, 4) is 0 Å². The normalized spacial score (nSPS) is 24.5. The summed E-state index contributed by atoms with van der Waals surface area (Å²) in [5.41, 5.74) is -0.254. The highest BCUT2D eigenvalue weighted by atomic mass is 35.5. The second-order valence-corrected chi connectivity index (χ2v) is 9.14. The molecule has 1 atom stereocenters. The van der Waals surface area contributed by atoms with E-state index in [2.05, 4.69) is 0 Å². The van der Waals surface area contributed by atoms with Crippen LogP contribution in [0.1, 0.15) is 30.1 Å². The largest absolute Gasteiger partial charge is 0.378 e. The third kappa shape index (κ3) is 3.84. The zero-order valence-electron chi connectivity index (χ0n) is 14.2. The number of carbonyl (C=O) groups excluding carboxylic acids is 1. The Hall–Kier alpha value is -1.15. The lowest BCUT2D eigenvalue weighted by atomic mass is 9.94. The van der Waals surface area contributed by atoms with Crippen molar-refractivity contribution >= 4 is 27.3 Å². The summed E-state index contributed by atoms with van der Waals surface area (Å²) in [6.45, 7) is 4.05. The van der Waals surface area contributed by atoms with E-state index in [0.717, 1.165) is 12.8 Å². The van der Waals surface area contributed by atoms with Gasteiger partial charge in [-0.1, -0.05) is 18.5 Å². The predicted molar refractivity (Wildman–Crippen MR) is 93.8 cm³/mol. The molecule has 0 N–H and O–H groups in total. The molecule has 2 heterocycles. The average molecular weight is 388 g/mol. The SMILES string of the molecule is CCS(=O)(=O)c1ccc(Cl)c(C(=O)N2CCOC3(CCCOC3)C2)c1. The van der Waals surface area contributed by atoms with Crippen LogP contribution in [0.5, 0.6) is 0 Å². The molecule has 2 fully saturated rings. The first-order chi connectivity index (χ1) is 11.9. The van der Waals surface area contributed by atoms with Crippen LogP contribution in [0.25, 0.3) is 0 Å². The number of ether oxygens (including phenoxy) is 2. The van der Waals surface area contributed by atoms with E-state index in [1.165, 1.54) is 18.2 Å². The van der Waals surface area contributed by atoms with E-state index in [0.29, 0.717) is 32.9 Å². The molecular formula is C17H22ClNO5S. The Labute approximate surface area is 153 Å². The number of morpholine rings is 1. The van der Waals surface area contributed by atoms with Gasteiger partial charge < -0.3 is 14.4 Å². The van der Waals surface area contributed by atoms with Gasteiger partial charge >= 0.3 is 0 Å². The molecule has 3 rings (SSSR count). The minimum absolute atomic E-state index is 0.0275. The number of amides is 1. The molecule has 1 unspecified atom stereocenters. The molecule has 0 radical (unpaired) electrons. The second kappa shape index (κ2) is 7.23. The van der Waals surface area contributed by atoms with E-state index in [9.17, 15) is 13.2 Å². The molecule has 25 heavy (non-hydrogen) atoms. The zero-order chi connectivity index (χ0) is 18.1. The molecule has 2 aliphatic rings. The quantitative estimate of drug-likeness (QED) is 0.794. The third-order valence-corrected chi connectivity index (χ3v) is 6.79. The molecule has 2 aliphatic heterocycles. The highest BCUT2D eigenvalue weighted by Gasteiger charge is 2.40. The summed E-state index contributed by atoms with van der Waals surface area (Å²) in [6, 6.07) is 4.29. The first-order valence-corrected chi connectivity index (χ1v) is 10.4.